The van der Waals surface area contributed by atoms with Crippen molar-refractivity contribution in [3.8, 4) is 5.75 Å². The maximum atomic E-state index is 12.2. The van der Waals surface area contributed by atoms with Gasteiger partial charge in [-0.15, -0.1) is 0 Å². The third kappa shape index (κ3) is 3.22. The van der Waals surface area contributed by atoms with E-state index in [0.717, 1.165) is 11.5 Å². The average molecular weight is 371 g/mol. The molecular formula is C13H11BrN2O4S. The molecule has 2 rings (SSSR count). The Labute approximate surface area is 133 Å². The second-order valence-electron chi connectivity index (χ2n) is 4.08. The predicted molar refractivity (Wildman–Crippen MR) is 82.5 cm³/mol. The normalized spacial score (nSPS) is 10.2. The van der Waals surface area contributed by atoms with Crippen molar-refractivity contribution >= 4 is 44.3 Å². The lowest BCUT2D eigenvalue weighted by atomic mass is 10.2. The van der Waals surface area contributed by atoms with E-state index in [0.29, 0.717) is 21.5 Å². The minimum Gasteiger partial charge on any atom is -0.496 e. The number of halogens is 1. The number of carbonyl (C=O) groups excluding carboxylic acids is 1. The number of rotatable bonds is 4. The first-order chi connectivity index (χ1) is 9.93. The van der Waals surface area contributed by atoms with Crippen LogP contribution in [0.4, 0.5) is 5.00 Å². The number of aromatic nitrogens is 1. The first kappa shape index (κ1) is 15.5. The van der Waals surface area contributed by atoms with Gasteiger partial charge in [0.15, 0.2) is 0 Å². The molecule has 0 saturated carbocycles. The van der Waals surface area contributed by atoms with E-state index in [1.54, 1.807) is 25.1 Å². The fraction of sp³-hybridized carbons (Fsp3) is 0.154. The molecule has 0 unspecified atom stereocenters. The van der Waals surface area contributed by atoms with Crippen molar-refractivity contribution in [2.75, 3.05) is 12.4 Å². The molecule has 0 aliphatic heterocycles. The standard InChI is InChI=1S/C13H11BrN2O4S/c1-6-10(13(18)19)12(21-16-6)15-11(17)7-3-4-9(20-2)8(14)5-7/h3-5H,1-2H3,(H,15,17)(H,18,19). The minimum absolute atomic E-state index is 0.0147. The van der Waals surface area contributed by atoms with E-state index >= 15 is 0 Å². The number of benzene rings is 1. The van der Waals surface area contributed by atoms with E-state index in [-0.39, 0.29) is 10.6 Å². The lowest BCUT2D eigenvalue weighted by molar-refractivity contribution is 0.0697. The molecule has 1 aromatic heterocycles. The van der Waals surface area contributed by atoms with Crippen LogP contribution in [0.25, 0.3) is 0 Å². The first-order valence-corrected chi connectivity index (χ1v) is 7.35. The Morgan fingerprint density at radius 1 is 1.43 bits per heavy atom. The number of aromatic carboxylic acids is 1. The van der Waals surface area contributed by atoms with Gasteiger partial charge < -0.3 is 15.2 Å². The van der Waals surface area contributed by atoms with Crippen molar-refractivity contribution in [3.05, 3.63) is 39.5 Å². The number of hydrogen-bond acceptors (Lipinski definition) is 5. The van der Waals surface area contributed by atoms with E-state index < -0.39 is 11.9 Å². The zero-order valence-corrected chi connectivity index (χ0v) is 13.5. The Morgan fingerprint density at radius 3 is 2.71 bits per heavy atom. The number of anilines is 1. The third-order valence-corrected chi connectivity index (χ3v) is 4.19. The number of carboxylic acids is 1. The van der Waals surface area contributed by atoms with Gasteiger partial charge in [-0.05, 0) is 52.6 Å². The molecule has 0 atom stereocenters. The molecule has 0 aliphatic carbocycles. The molecule has 0 fully saturated rings. The summed E-state index contributed by atoms with van der Waals surface area (Å²) in [5.41, 5.74) is 0.768. The summed E-state index contributed by atoms with van der Waals surface area (Å²) in [5.74, 6) is -0.927. The fourth-order valence-corrected chi connectivity index (χ4v) is 3.01. The van der Waals surface area contributed by atoms with Crippen molar-refractivity contribution in [3.63, 3.8) is 0 Å². The summed E-state index contributed by atoms with van der Waals surface area (Å²) in [6.45, 7) is 1.58. The van der Waals surface area contributed by atoms with Gasteiger partial charge in [0.2, 0.25) is 0 Å². The number of methoxy groups -OCH3 is 1. The van der Waals surface area contributed by atoms with Crippen LogP contribution in [0, 0.1) is 6.92 Å². The summed E-state index contributed by atoms with van der Waals surface area (Å²) in [6.07, 6.45) is 0. The van der Waals surface area contributed by atoms with Gasteiger partial charge in [0.1, 0.15) is 16.3 Å². The van der Waals surface area contributed by atoms with Gasteiger partial charge in [0, 0.05) is 5.56 Å². The third-order valence-electron chi connectivity index (χ3n) is 2.72. The molecule has 21 heavy (non-hydrogen) atoms. The monoisotopic (exact) mass is 370 g/mol. The first-order valence-electron chi connectivity index (χ1n) is 5.78. The molecule has 0 saturated heterocycles. The minimum atomic E-state index is -1.12. The van der Waals surface area contributed by atoms with Crippen molar-refractivity contribution in [2.45, 2.75) is 6.92 Å². The van der Waals surface area contributed by atoms with E-state index in [2.05, 4.69) is 25.6 Å². The summed E-state index contributed by atoms with van der Waals surface area (Å²) >= 11 is 4.23. The maximum absolute atomic E-state index is 12.2. The van der Waals surface area contributed by atoms with Crippen LogP contribution in [-0.2, 0) is 0 Å². The Morgan fingerprint density at radius 2 is 2.14 bits per heavy atom. The molecule has 1 aromatic carbocycles. The van der Waals surface area contributed by atoms with Crippen molar-refractivity contribution < 1.29 is 19.4 Å². The Bertz CT molecular complexity index is 714. The van der Waals surface area contributed by atoms with E-state index in [4.69, 9.17) is 9.84 Å². The largest absolute Gasteiger partial charge is 0.496 e. The molecule has 8 heteroatoms. The van der Waals surface area contributed by atoms with E-state index in [1.807, 2.05) is 0 Å². The second kappa shape index (κ2) is 6.23. The number of ether oxygens (including phenoxy) is 1. The van der Waals surface area contributed by atoms with Crippen LogP contribution in [0.5, 0.6) is 5.75 Å². The highest BCUT2D eigenvalue weighted by Crippen LogP contribution is 2.28. The molecule has 0 radical (unpaired) electrons. The van der Waals surface area contributed by atoms with Gasteiger partial charge in [-0.3, -0.25) is 4.79 Å². The highest BCUT2D eigenvalue weighted by Gasteiger charge is 2.20. The highest BCUT2D eigenvalue weighted by molar-refractivity contribution is 9.10. The summed E-state index contributed by atoms with van der Waals surface area (Å²) in [7, 11) is 1.53. The highest BCUT2D eigenvalue weighted by atomic mass is 79.9. The molecule has 2 N–H and O–H groups in total. The number of nitrogens with zero attached hydrogens (tertiary/aromatic N) is 1. The summed E-state index contributed by atoms with van der Waals surface area (Å²) in [5, 5.41) is 11.9. The van der Waals surface area contributed by atoms with Gasteiger partial charge in [-0.1, -0.05) is 0 Å². The molecule has 1 amide bonds. The average Bonchev–Trinajstić information content (AvgIpc) is 2.79. The lowest BCUT2D eigenvalue weighted by Gasteiger charge is -2.07. The van der Waals surface area contributed by atoms with Gasteiger partial charge in [0.25, 0.3) is 5.91 Å². The summed E-state index contributed by atoms with van der Waals surface area (Å²) < 4.78 is 9.67. The van der Waals surface area contributed by atoms with Crippen LogP contribution < -0.4 is 10.1 Å². The predicted octanol–water partition coefficient (Wildman–Crippen LogP) is 3.17. The van der Waals surface area contributed by atoms with Gasteiger partial charge in [0.05, 0.1) is 17.3 Å². The number of aryl methyl sites for hydroxylation is 1. The number of carboxylic acid groups (broad SMARTS) is 1. The molecule has 6 nitrogen and oxygen atoms in total. The van der Waals surface area contributed by atoms with Gasteiger partial charge >= 0.3 is 5.97 Å². The van der Waals surface area contributed by atoms with Crippen molar-refractivity contribution in [1.82, 2.24) is 4.37 Å². The smallest absolute Gasteiger partial charge is 0.340 e. The maximum Gasteiger partial charge on any atom is 0.340 e. The van der Waals surface area contributed by atoms with Crippen LogP contribution in [0.2, 0.25) is 0 Å². The topological polar surface area (TPSA) is 88.5 Å². The molecule has 110 valence electrons. The van der Waals surface area contributed by atoms with Crippen LogP contribution in [0.1, 0.15) is 26.4 Å². The SMILES string of the molecule is COc1ccc(C(=O)Nc2snc(C)c2C(=O)O)cc1Br. The summed E-state index contributed by atoms with van der Waals surface area (Å²) in [4.78, 5) is 23.3. The Balaban J connectivity index is 2.26. The quantitative estimate of drug-likeness (QED) is 0.862. The van der Waals surface area contributed by atoms with Crippen LogP contribution >= 0.6 is 27.5 Å². The Hall–Kier alpha value is -1.93. The molecule has 0 aliphatic rings. The van der Waals surface area contributed by atoms with Gasteiger partial charge in [-0.25, -0.2) is 4.79 Å². The molecule has 2 aromatic rings. The zero-order chi connectivity index (χ0) is 15.6. The van der Waals surface area contributed by atoms with Crippen LogP contribution in [0.15, 0.2) is 22.7 Å². The number of hydrogen-bond donors (Lipinski definition) is 2. The fourth-order valence-electron chi connectivity index (χ4n) is 1.69. The van der Waals surface area contributed by atoms with Crippen LogP contribution in [0.3, 0.4) is 0 Å². The van der Waals surface area contributed by atoms with E-state index in [1.165, 1.54) is 7.11 Å². The van der Waals surface area contributed by atoms with Crippen molar-refractivity contribution in [2.24, 2.45) is 0 Å². The second-order valence-corrected chi connectivity index (χ2v) is 5.71. The zero-order valence-electron chi connectivity index (χ0n) is 11.1. The van der Waals surface area contributed by atoms with Gasteiger partial charge in [-0.2, -0.15) is 4.37 Å². The van der Waals surface area contributed by atoms with E-state index in [9.17, 15) is 9.59 Å². The molecule has 1 heterocycles. The Kier molecular flexibility index (Phi) is 4.59. The lowest BCUT2D eigenvalue weighted by Crippen LogP contribution is -2.13. The number of carbonyl (C=O) groups is 2. The summed E-state index contributed by atoms with van der Waals surface area (Å²) in [6, 6.07) is 4.84. The number of amides is 1. The van der Waals surface area contributed by atoms with Crippen molar-refractivity contribution in [1.29, 1.82) is 0 Å². The van der Waals surface area contributed by atoms with Crippen LogP contribution in [-0.4, -0.2) is 28.5 Å². The number of nitrogens with one attached hydrogen (secondary N) is 1. The molecular weight excluding hydrogens is 360 g/mol. The molecule has 0 spiro atoms. The molecule has 0 bridgehead atoms.